The van der Waals surface area contributed by atoms with Crippen LogP contribution in [0.15, 0.2) is 46.6 Å². The minimum Gasteiger partial charge on any atom is -0.468 e. The third-order valence-corrected chi connectivity index (χ3v) is 11.0. The lowest BCUT2D eigenvalue weighted by molar-refractivity contribution is -0.270. The number of hydroxylamine groups is 2. The summed E-state index contributed by atoms with van der Waals surface area (Å²) in [6.07, 6.45) is 2.67. The molecule has 4 aliphatic carbocycles. The van der Waals surface area contributed by atoms with Gasteiger partial charge in [-0.1, -0.05) is 13.0 Å². The number of ketones is 2. The van der Waals surface area contributed by atoms with Crippen LogP contribution in [0.25, 0.3) is 0 Å². The van der Waals surface area contributed by atoms with Gasteiger partial charge in [0.05, 0.1) is 25.2 Å². The molecule has 5 aliphatic rings. The van der Waals surface area contributed by atoms with Crippen molar-refractivity contribution in [1.82, 2.24) is 5.06 Å². The van der Waals surface area contributed by atoms with Crippen LogP contribution < -0.4 is 0 Å². The Morgan fingerprint density at radius 3 is 2.70 bits per heavy atom. The minimum absolute atomic E-state index is 0.0211. The number of carbonyl (C=O) groups is 2. The number of nitrogens with zero attached hydrogens (tertiary/aromatic N) is 1. The number of rotatable bonds is 6. The SMILES string of the molecule is C[C@]12C=CC(=O)C=C1[C@@H](F)C[C@H]1C3C[C@H]4CN(Cc5ccco5)O[C@@]4(C(=O)COS(C)(=O)=O)[C@@]3(C)C[C@H](O)[C@@]12F. The highest BCUT2D eigenvalue weighted by atomic mass is 32.2. The Balaban J connectivity index is 1.42. The zero-order valence-corrected chi connectivity index (χ0v) is 23.3. The van der Waals surface area contributed by atoms with Gasteiger partial charge in [0, 0.05) is 29.2 Å². The molecule has 2 heterocycles. The average Bonchev–Trinajstić information content (AvgIpc) is 3.56. The van der Waals surface area contributed by atoms with Crippen LogP contribution in [0.4, 0.5) is 8.78 Å². The summed E-state index contributed by atoms with van der Waals surface area (Å²) in [6, 6.07) is 3.47. The molecular formula is C28H33F2NO8S. The van der Waals surface area contributed by atoms with E-state index in [4.69, 9.17) is 13.4 Å². The summed E-state index contributed by atoms with van der Waals surface area (Å²) in [5.74, 6) is -2.55. The number of carbonyl (C=O) groups excluding carboxylic acids is 2. The first-order valence-corrected chi connectivity index (χ1v) is 15.3. The molecule has 1 aromatic heterocycles. The van der Waals surface area contributed by atoms with Crippen LogP contribution in [0.2, 0.25) is 0 Å². The van der Waals surface area contributed by atoms with Gasteiger partial charge in [0.2, 0.25) is 0 Å². The Morgan fingerprint density at radius 1 is 1.27 bits per heavy atom. The average molecular weight is 582 g/mol. The van der Waals surface area contributed by atoms with Crippen molar-refractivity contribution < 1.29 is 45.3 Å². The van der Waals surface area contributed by atoms with Crippen molar-refractivity contribution in [2.24, 2.45) is 28.6 Å². The molecule has 6 rings (SSSR count). The summed E-state index contributed by atoms with van der Waals surface area (Å²) in [5, 5.41) is 13.2. The monoisotopic (exact) mass is 581 g/mol. The van der Waals surface area contributed by atoms with Crippen molar-refractivity contribution in [3.05, 3.63) is 48.0 Å². The molecule has 1 saturated heterocycles. The first-order chi connectivity index (χ1) is 18.7. The van der Waals surface area contributed by atoms with E-state index < -0.39 is 80.4 Å². The highest BCUT2D eigenvalue weighted by molar-refractivity contribution is 7.86. The number of Topliss-reactive ketones (excluding diaryl/α,β-unsaturated/α-hetero) is 1. The van der Waals surface area contributed by atoms with Gasteiger partial charge in [0.25, 0.3) is 10.1 Å². The maximum atomic E-state index is 17.5. The van der Waals surface area contributed by atoms with Crippen LogP contribution in [0.5, 0.6) is 0 Å². The molecule has 0 radical (unpaired) electrons. The van der Waals surface area contributed by atoms with Gasteiger partial charge >= 0.3 is 0 Å². The summed E-state index contributed by atoms with van der Waals surface area (Å²) in [4.78, 5) is 32.5. The number of hydrogen-bond acceptors (Lipinski definition) is 9. The van der Waals surface area contributed by atoms with Gasteiger partial charge < -0.3 is 9.52 Å². The van der Waals surface area contributed by atoms with E-state index in [1.807, 2.05) is 0 Å². The molecule has 1 N–H and O–H groups in total. The quantitative estimate of drug-likeness (QED) is 0.505. The number of alkyl halides is 2. The van der Waals surface area contributed by atoms with E-state index in [0.717, 1.165) is 12.3 Å². The van der Waals surface area contributed by atoms with E-state index in [1.165, 1.54) is 25.3 Å². The zero-order valence-electron chi connectivity index (χ0n) is 22.5. The normalized spacial score (nSPS) is 44.5. The number of allylic oxidation sites excluding steroid dienone is 4. The lowest BCUT2D eigenvalue weighted by Crippen LogP contribution is -2.70. The Kier molecular flexibility index (Phi) is 6.19. The molecule has 1 unspecified atom stereocenters. The van der Waals surface area contributed by atoms with Gasteiger partial charge in [0.1, 0.15) is 18.5 Å². The highest BCUT2D eigenvalue weighted by Crippen LogP contribution is 2.72. The van der Waals surface area contributed by atoms with Crippen molar-refractivity contribution in [3.8, 4) is 0 Å². The van der Waals surface area contributed by atoms with Crippen LogP contribution in [0.3, 0.4) is 0 Å². The van der Waals surface area contributed by atoms with Crippen molar-refractivity contribution in [1.29, 1.82) is 0 Å². The number of halogens is 2. The molecule has 12 heteroatoms. The molecule has 0 aromatic carbocycles. The predicted octanol–water partition coefficient (Wildman–Crippen LogP) is 2.86. The second-order valence-corrected chi connectivity index (χ2v) is 14.1. The van der Waals surface area contributed by atoms with Gasteiger partial charge in [-0.25, -0.2) is 8.78 Å². The molecule has 0 amide bonds. The van der Waals surface area contributed by atoms with E-state index in [0.29, 0.717) is 12.2 Å². The van der Waals surface area contributed by atoms with Crippen LogP contribution in [0.1, 0.15) is 38.9 Å². The lowest BCUT2D eigenvalue weighted by atomic mass is 9.44. The molecule has 4 fully saturated rings. The molecule has 3 saturated carbocycles. The Labute approximate surface area is 231 Å². The largest absolute Gasteiger partial charge is 0.468 e. The first-order valence-electron chi connectivity index (χ1n) is 13.5. The topological polar surface area (TPSA) is 123 Å². The standard InChI is InChI=1S/C28H33F2NO8S/c1-25-7-6-17(32)10-21(25)22(29)11-20-19-9-16-13-31(14-18-5-4-8-37-18)39-28(16,24(34)15-38-40(3,35)36)26(19,2)12-23(33)27(20,25)30/h4-8,10,16,19-20,22-23,33H,9,11-15H2,1-3H3/t16-,19?,20-,22-,23-,25-,26-,27-,28-/m0/s1. The van der Waals surface area contributed by atoms with Crippen LogP contribution in [0, 0.1) is 28.6 Å². The number of hydrogen-bond donors (Lipinski definition) is 1. The second kappa shape index (κ2) is 8.87. The van der Waals surface area contributed by atoms with Crippen molar-refractivity contribution in [2.45, 2.75) is 63.2 Å². The van der Waals surface area contributed by atoms with E-state index >= 15 is 8.78 Å². The lowest BCUT2D eigenvalue weighted by Gasteiger charge is -2.63. The molecule has 0 spiro atoms. The predicted molar refractivity (Wildman–Crippen MR) is 136 cm³/mol. The second-order valence-electron chi connectivity index (χ2n) is 12.4. The zero-order chi connectivity index (χ0) is 28.9. The van der Waals surface area contributed by atoms with Gasteiger partial charge in [-0.3, -0.25) is 18.6 Å². The number of furan rings is 1. The van der Waals surface area contributed by atoms with Gasteiger partial charge in [-0.2, -0.15) is 13.5 Å². The molecule has 1 aromatic rings. The fraction of sp³-hybridized carbons (Fsp3) is 0.643. The Bertz CT molecular complexity index is 1410. The molecule has 9 atom stereocenters. The van der Waals surface area contributed by atoms with E-state index in [1.54, 1.807) is 24.1 Å². The highest BCUT2D eigenvalue weighted by Gasteiger charge is 2.79. The van der Waals surface area contributed by atoms with Crippen molar-refractivity contribution >= 4 is 21.7 Å². The van der Waals surface area contributed by atoms with E-state index in [-0.39, 0.29) is 31.5 Å². The number of aliphatic hydroxyl groups excluding tert-OH is 1. The molecular weight excluding hydrogens is 548 g/mol. The third-order valence-electron chi connectivity index (χ3n) is 10.4. The molecule has 218 valence electrons. The summed E-state index contributed by atoms with van der Waals surface area (Å²) in [6.45, 7) is 2.95. The smallest absolute Gasteiger partial charge is 0.264 e. The molecule has 40 heavy (non-hydrogen) atoms. The van der Waals surface area contributed by atoms with Gasteiger partial charge in [0.15, 0.2) is 22.8 Å². The van der Waals surface area contributed by atoms with Crippen LogP contribution >= 0.6 is 0 Å². The van der Waals surface area contributed by atoms with Crippen LogP contribution in [-0.4, -0.2) is 73.1 Å². The fourth-order valence-electron chi connectivity index (χ4n) is 8.76. The maximum Gasteiger partial charge on any atom is 0.264 e. The molecule has 0 bridgehead atoms. The summed E-state index contributed by atoms with van der Waals surface area (Å²) < 4.78 is 67.2. The van der Waals surface area contributed by atoms with Crippen molar-refractivity contribution in [2.75, 3.05) is 19.4 Å². The maximum absolute atomic E-state index is 17.5. The van der Waals surface area contributed by atoms with Crippen LogP contribution in [-0.2, 0) is 35.3 Å². The summed E-state index contributed by atoms with van der Waals surface area (Å²) in [5.41, 5.74) is -6.66. The van der Waals surface area contributed by atoms with Crippen molar-refractivity contribution in [3.63, 3.8) is 0 Å². The minimum atomic E-state index is -3.96. The van der Waals surface area contributed by atoms with E-state index in [9.17, 15) is 23.1 Å². The van der Waals surface area contributed by atoms with E-state index in [2.05, 4.69) is 0 Å². The Morgan fingerprint density at radius 2 is 2.02 bits per heavy atom. The first kappa shape index (κ1) is 27.9. The third kappa shape index (κ3) is 3.65. The summed E-state index contributed by atoms with van der Waals surface area (Å²) in [7, 11) is -3.96. The van der Waals surface area contributed by atoms with Gasteiger partial charge in [-0.15, -0.1) is 0 Å². The molecule has 1 aliphatic heterocycles. The summed E-state index contributed by atoms with van der Waals surface area (Å²) >= 11 is 0. The fourth-order valence-corrected chi connectivity index (χ4v) is 9.08. The van der Waals surface area contributed by atoms with Gasteiger partial charge in [-0.05, 0) is 62.0 Å². The number of aliphatic hydroxyl groups is 1. The number of fused-ring (bicyclic) bond motifs is 7. The Hall–Kier alpha value is -2.25. The molecule has 9 nitrogen and oxygen atoms in total.